The SMILES string of the molecule is COC(CC(NB1CO1)C(=O)NC(C(=O)N1CC(O[Si](C)(C)C(C)(C)C)CC1C(=O)NC(C(=O)NC(C(C)O[Si](C)(C)C(C)(C)C)C(O)N1CC(C)C(O[Si](C)(C)C(C)(C)C)C1C(=O)N(B1CO1)B1CO1)C(Cc1ccc(O[Si](C)(C)C(C)(C)C)cc1)O[Si](C)(C)C(C)(C)C)C(C)O[Si](C)(C)C(C)(C)C)OC. The lowest BCUT2D eigenvalue weighted by Crippen LogP contribution is -2.67. The minimum Gasteiger partial charge on any atom is -0.544 e. The molecule has 1 aromatic rings. The van der Waals surface area contributed by atoms with E-state index in [0.717, 1.165) is 5.56 Å². The second-order valence-electron chi connectivity index (χ2n) is 40.4. The molecule has 24 nitrogen and oxygen atoms in total. The van der Waals surface area contributed by atoms with Crippen LogP contribution in [0.15, 0.2) is 24.3 Å². The van der Waals surface area contributed by atoms with E-state index in [0.29, 0.717) is 25.3 Å². The number of carbonyl (C=O) groups is 5. The van der Waals surface area contributed by atoms with Crippen LogP contribution >= 0.6 is 0 Å². The van der Waals surface area contributed by atoms with Crippen molar-refractivity contribution in [1.29, 1.82) is 0 Å². The van der Waals surface area contributed by atoms with Gasteiger partial charge in [-0.2, -0.15) is 0 Å². The number of rotatable bonds is 35. The van der Waals surface area contributed by atoms with E-state index in [9.17, 15) is 5.11 Å². The molecule has 5 aliphatic rings. The maximum Gasteiger partial charge on any atom is 0.432 e. The lowest BCUT2D eigenvalue weighted by molar-refractivity contribution is -0.146. The zero-order valence-electron chi connectivity index (χ0n) is 72.6. The van der Waals surface area contributed by atoms with Gasteiger partial charge in [0.05, 0.1) is 62.1 Å². The first-order chi connectivity index (χ1) is 48.4. The highest BCUT2D eigenvalue weighted by molar-refractivity contribution is 6.78. The van der Waals surface area contributed by atoms with Gasteiger partial charge < -0.3 is 85.9 Å². The number of aliphatic hydroxyl groups excluding tert-OH is 1. The summed E-state index contributed by atoms with van der Waals surface area (Å²) in [7, 11) is -14.5. The Morgan fingerprint density at radius 1 is 0.589 bits per heavy atom. The highest BCUT2D eigenvalue weighted by Crippen LogP contribution is 2.46. The molecule has 0 radical (unpaired) electrons. The Morgan fingerprint density at radius 3 is 1.50 bits per heavy atom. The van der Waals surface area contributed by atoms with Crippen molar-refractivity contribution in [1.82, 2.24) is 35.7 Å². The summed E-state index contributed by atoms with van der Waals surface area (Å²) >= 11 is 0. The van der Waals surface area contributed by atoms with Crippen LogP contribution in [-0.2, 0) is 76.0 Å². The number of hydrogen-bond acceptors (Lipinski definition) is 19. The minimum atomic E-state index is -2.98. The summed E-state index contributed by atoms with van der Waals surface area (Å²) in [5.41, 5.74) is 0.789. The second-order valence-corrected chi connectivity index (χ2v) is 68.9. The van der Waals surface area contributed by atoms with Gasteiger partial charge in [0.2, 0.25) is 37.9 Å². The third kappa shape index (κ3) is 23.5. The number of amides is 5. The summed E-state index contributed by atoms with van der Waals surface area (Å²) in [6.45, 7) is 70.9. The quantitative estimate of drug-likeness (QED) is 0.0240. The first-order valence-electron chi connectivity index (χ1n) is 39.2. The Hall–Kier alpha value is -2.65. The summed E-state index contributed by atoms with van der Waals surface area (Å²) in [6, 6.07) is 0.359. The summed E-state index contributed by atoms with van der Waals surface area (Å²) in [6.07, 6.45) is -6.50. The standard InChI is InChI=1S/C74H144B3N7O17Si6/c1-48-43-83(61(62(48)101-107(34,35)74(19,20)21)68(90)84(76-46-94-76)77-47-95-77)67(89)59(50(3)97-103(26,27)70(7,8)9)79-65(87)60(56(100-106(32,33)73(16,17)18)40-51-36-38-52(39-37-51)98-104(28,29)71(10,11)12)80-64(86)55-41-53(99-105(30,31)72(13,14)15)44-82(55)66(88)58(49(2)96-102(24,25)69(4,5)6)78-63(85)54(81-75-45-93-75)42-57(91-22)92-23/h36-39,48-50,53-62,67,81,89H,40-47H2,1-35H3,(H,78,85)(H,79,87)(H,80,86). The smallest absolute Gasteiger partial charge is 0.432 e. The number of likely N-dealkylation sites (tertiary alicyclic amines) is 2. The van der Waals surface area contributed by atoms with Crippen molar-refractivity contribution < 1.29 is 79.1 Å². The monoisotopic (exact) mass is 1600 g/mol. The van der Waals surface area contributed by atoms with Gasteiger partial charge >= 0.3 is 21.2 Å². The van der Waals surface area contributed by atoms with Crippen LogP contribution < -0.4 is 25.6 Å². The van der Waals surface area contributed by atoms with Crippen molar-refractivity contribution in [3.63, 3.8) is 0 Å². The molecule has 13 unspecified atom stereocenters. The van der Waals surface area contributed by atoms with Gasteiger partial charge in [0.25, 0.3) is 0 Å². The highest BCUT2D eigenvalue weighted by Gasteiger charge is 2.61. The Labute approximate surface area is 652 Å². The number of carbonyl (C=O) groups excluding carboxylic acids is 5. The Kier molecular flexibility index (Phi) is 30.0. The van der Waals surface area contributed by atoms with E-state index in [1.54, 1.807) is 16.5 Å². The molecular formula is C74H144B3N7O17Si6. The molecule has 5 fully saturated rings. The summed E-state index contributed by atoms with van der Waals surface area (Å²) < 4.78 is 73.5. The molecular weight excluding hydrogens is 1460 g/mol. The number of hydrogen-bond donors (Lipinski definition) is 5. The lowest BCUT2D eigenvalue weighted by atomic mass is 9.75. The van der Waals surface area contributed by atoms with Crippen LogP contribution in [0.5, 0.6) is 5.75 Å². The highest BCUT2D eigenvalue weighted by atomic mass is 28.4. The summed E-state index contributed by atoms with van der Waals surface area (Å²) in [5.74, 6) is -2.39. The van der Waals surface area contributed by atoms with Gasteiger partial charge in [-0.15, -0.1) is 0 Å². The van der Waals surface area contributed by atoms with E-state index in [1.165, 1.54) is 19.1 Å². The summed E-state index contributed by atoms with van der Waals surface area (Å²) in [5, 5.41) is 25.2. The Balaban J connectivity index is 1.60. The Bertz CT molecular complexity index is 3170. The molecule has 5 N–H and O–H groups in total. The molecule has 5 saturated heterocycles. The molecule has 0 spiro atoms. The van der Waals surface area contributed by atoms with Gasteiger partial charge in [-0.1, -0.05) is 144 Å². The van der Waals surface area contributed by atoms with Gasteiger partial charge in [0.15, 0.2) is 47.9 Å². The average Bonchev–Trinajstić information content (AvgIpc) is 1.50. The first kappa shape index (κ1) is 93.2. The number of nitrogens with zero attached hydrogens (tertiary/aromatic N) is 3. The third-order valence-electron chi connectivity index (χ3n) is 25.7. The molecule has 0 saturated carbocycles. The number of methoxy groups -OCH3 is 2. The van der Waals surface area contributed by atoms with E-state index >= 15 is 24.0 Å². The average molecular weight is 1600 g/mol. The number of benzene rings is 1. The third-order valence-corrected chi connectivity index (χ3v) is 52.7. The largest absolute Gasteiger partial charge is 0.544 e. The molecule has 1 aromatic carbocycles. The predicted octanol–water partition coefficient (Wildman–Crippen LogP) is 11.3. The normalized spacial score (nSPS) is 22.8. The molecule has 5 heterocycles. The molecule has 0 aliphatic carbocycles. The number of aliphatic hydroxyl groups is 1. The molecule has 0 bridgehead atoms. The lowest BCUT2D eigenvalue weighted by Gasteiger charge is -2.45. The molecule has 5 aliphatic heterocycles. The van der Waals surface area contributed by atoms with E-state index in [2.05, 4.69) is 224 Å². The molecule has 33 heteroatoms. The number of ether oxygens (including phenoxy) is 2. The molecule has 0 aromatic heterocycles. The minimum absolute atomic E-state index is 0.0286. The van der Waals surface area contributed by atoms with Crippen molar-refractivity contribution in [3.05, 3.63) is 29.8 Å². The summed E-state index contributed by atoms with van der Waals surface area (Å²) in [4.78, 5) is 84.2. The van der Waals surface area contributed by atoms with Crippen molar-refractivity contribution >= 4 is 101 Å². The fourth-order valence-corrected chi connectivity index (χ4v) is 20.2. The van der Waals surface area contributed by atoms with Crippen LogP contribution in [-0.4, -0.2) is 246 Å². The van der Waals surface area contributed by atoms with E-state index in [4.69, 9.17) is 50.0 Å². The van der Waals surface area contributed by atoms with Gasteiger partial charge in [0.1, 0.15) is 36.1 Å². The van der Waals surface area contributed by atoms with Crippen molar-refractivity contribution in [2.45, 2.75) is 353 Å². The van der Waals surface area contributed by atoms with Crippen LogP contribution in [0.4, 0.5) is 0 Å². The van der Waals surface area contributed by atoms with Gasteiger partial charge in [0, 0.05) is 40.2 Å². The van der Waals surface area contributed by atoms with Crippen LogP contribution in [0.1, 0.15) is 164 Å². The molecule has 5 amide bonds. The molecule has 107 heavy (non-hydrogen) atoms. The Morgan fingerprint density at radius 2 is 1.05 bits per heavy atom. The predicted molar refractivity (Wildman–Crippen MR) is 443 cm³/mol. The molecule has 6 rings (SSSR count). The topological polar surface area (TPSA) is 275 Å². The molecule has 610 valence electrons. The van der Waals surface area contributed by atoms with Crippen LogP contribution in [0, 0.1) is 5.92 Å². The van der Waals surface area contributed by atoms with Crippen LogP contribution in [0.2, 0.25) is 109 Å². The van der Waals surface area contributed by atoms with Crippen LogP contribution in [0.25, 0.3) is 0 Å². The maximum atomic E-state index is 17.0. The molecule has 13 atom stereocenters. The fraction of sp³-hybridized carbons (Fsp3) is 0.851. The maximum absolute atomic E-state index is 17.0. The van der Waals surface area contributed by atoms with Crippen molar-refractivity contribution in [2.75, 3.05) is 46.8 Å². The van der Waals surface area contributed by atoms with Gasteiger partial charge in [-0.3, -0.25) is 28.9 Å². The van der Waals surface area contributed by atoms with Gasteiger partial charge in [-0.05, 0) is 153 Å². The van der Waals surface area contributed by atoms with E-state index in [1.807, 2.05) is 38.1 Å². The fourth-order valence-electron chi connectivity index (χ4n) is 12.3. The second kappa shape index (κ2) is 34.4. The zero-order chi connectivity index (χ0) is 81.7. The van der Waals surface area contributed by atoms with Crippen molar-refractivity contribution in [3.8, 4) is 5.75 Å². The zero-order valence-corrected chi connectivity index (χ0v) is 78.6. The van der Waals surface area contributed by atoms with Crippen molar-refractivity contribution in [2.24, 2.45) is 5.92 Å². The van der Waals surface area contributed by atoms with E-state index in [-0.39, 0.29) is 69.4 Å². The first-order valence-corrected chi connectivity index (χ1v) is 56.7. The van der Waals surface area contributed by atoms with Crippen LogP contribution in [0.3, 0.4) is 0 Å². The van der Waals surface area contributed by atoms with Gasteiger partial charge in [-0.25, -0.2) is 0 Å². The number of nitrogens with one attached hydrogen (secondary N) is 4. The van der Waals surface area contributed by atoms with E-state index < -0.39 is 179 Å².